The van der Waals surface area contributed by atoms with E-state index in [-0.39, 0.29) is 44.0 Å². The van der Waals surface area contributed by atoms with Crippen LogP contribution in [0.2, 0.25) is 0 Å². The molecular formula is C40H51F4N5O9S. The van der Waals surface area contributed by atoms with Crippen LogP contribution in [0.1, 0.15) is 79.1 Å². The molecule has 1 saturated heterocycles. The first-order chi connectivity index (χ1) is 27.6. The third-order valence-electron chi connectivity index (χ3n) is 11.8. The van der Waals surface area contributed by atoms with Crippen molar-refractivity contribution in [2.45, 2.75) is 119 Å². The lowest BCUT2D eigenvalue weighted by atomic mass is 9.88. The monoisotopic (exact) mass is 853 g/mol. The predicted molar refractivity (Wildman–Crippen MR) is 206 cm³/mol. The number of carbonyl (C=O) groups is 4. The van der Waals surface area contributed by atoms with Gasteiger partial charge in [-0.3, -0.25) is 19.1 Å². The van der Waals surface area contributed by atoms with Crippen molar-refractivity contribution >= 4 is 44.6 Å². The fourth-order valence-corrected chi connectivity index (χ4v) is 9.66. The molecular weight excluding hydrogens is 803 g/mol. The number of nitrogens with one attached hydrogen (secondary N) is 3. The number of hydrogen-bond donors (Lipinski definition) is 3. The van der Waals surface area contributed by atoms with E-state index >= 15 is 0 Å². The number of halogens is 4. The van der Waals surface area contributed by atoms with E-state index in [9.17, 15) is 45.2 Å². The summed E-state index contributed by atoms with van der Waals surface area (Å²) in [5.41, 5.74) is -3.73. The average molecular weight is 854 g/mol. The summed E-state index contributed by atoms with van der Waals surface area (Å²) in [4.78, 5) is 62.1. The Bertz CT molecular complexity index is 2100. The minimum Gasteiger partial charge on any atom is -0.494 e. The highest BCUT2D eigenvalue weighted by atomic mass is 32.2. The van der Waals surface area contributed by atoms with E-state index in [1.165, 1.54) is 18.2 Å². The van der Waals surface area contributed by atoms with Gasteiger partial charge in [-0.25, -0.2) is 22.6 Å². The van der Waals surface area contributed by atoms with Gasteiger partial charge in [-0.1, -0.05) is 44.2 Å². The molecule has 4 aliphatic rings. The normalized spacial score (nSPS) is 28.6. The molecule has 2 aromatic rings. The van der Waals surface area contributed by atoms with Crippen molar-refractivity contribution < 1.29 is 59.4 Å². The lowest BCUT2D eigenvalue weighted by Gasteiger charge is -2.34. The minimum atomic E-state index is -4.65. The Kier molecular flexibility index (Phi) is 12.2. The number of pyridine rings is 1. The predicted octanol–water partition coefficient (Wildman–Crippen LogP) is 5.25. The van der Waals surface area contributed by atoms with Gasteiger partial charge in [0.1, 0.15) is 46.5 Å². The van der Waals surface area contributed by atoms with Crippen molar-refractivity contribution in [2.75, 3.05) is 20.3 Å². The summed E-state index contributed by atoms with van der Waals surface area (Å²) in [5, 5.41) is 6.49. The largest absolute Gasteiger partial charge is 0.494 e. The molecule has 7 unspecified atom stereocenters. The van der Waals surface area contributed by atoms with Crippen LogP contribution >= 0.6 is 0 Å². The van der Waals surface area contributed by atoms with Gasteiger partial charge in [0, 0.05) is 23.1 Å². The fourth-order valence-electron chi connectivity index (χ4n) is 8.23. The van der Waals surface area contributed by atoms with Crippen LogP contribution in [0.25, 0.3) is 10.8 Å². The molecule has 19 heteroatoms. The number of hydrogen-bond acceptors (Lipinski definition) is 10. The first-order valence-corrected chi connectivity index (χ1v) is 21.2. The molecule has 1 aromatic heterocycles. The maximum atomic E-state index is 14.8. The van der Waals surface area contributed by atoms with Crippen molar-refractivity contribution in [1.82, 2.24) is 25.2 Å². The molecule has 2 aliphatic carbocycles. The molecule has 4 amide bonds. The highest BCUT2D eigenvalue weighted by Gasteiger charge is 2.64. The molecule has 6 rings (SSSR count). The van der Waals surface area contributed by atoms with Gasteiger partial charge in [0.15, 0.2) is 0 Å². The van der Waals surface area contributed by atoms with Gasteiger partial charge in [-0.05, 0) is 70.3 Å². The molecule has 14 nitrogen and oxygen atoms in total. The summed E-state index contributed by atoms with van der Waals surface area (Å²) in [7, 11) is -2.97. The van der Waals surface area contributed by atoms with Crippen molar-refractivity contribution in [3.05, 3.63) is 42.6 Å². The summed E-state index contributed by atoms with van der Waals surface area (Å²) in [6.07, 6.45) is -1.77. The van der Waals surface area contributed by atoms with Crippen molar-refractivity contribution in [3.8, 4) is 11.6 Å². The van der Waals surface area contributed by atoms with Crippen LogP contribution < -0.4 is 24.8 Å². The van der Waals surface area contributed by atoms with Gasteiger partial charge in [-0.15, -0.1) is 0 Å². The summed E-state index contributed by atoms with van der Waals surface area (Å²) in [6.45, 7) is 4.44. The molecule has 3 fully saturated rings. The Morgan fingerprint density at radius 2 is 1.78 bits per heavy atom. The van der Waals surface area contributed by atoms with Crippen LogP contribution in [0, 0.1) is 17.8 Å². The first kappa shape index (κ1) is 43.9. The maximum absolute atomic E-state index is 14.8. The average Bonchev–Trinajstić information content (AvgIpc) is 4.05. The van der Waals surface area contributed by atoms with Crippen LogP contribution in [-0.4, -0.2) is 103 Å². The summed E-state index contributed by atoms with van der Waals surface area (Å²) in [6, 6.07) is 4.40. The number of methoxy groups -OCH3 is 1. The second-order valence-corrected chi connectivity index (χ2v) is 19.1. The first-order valence-electron chi connectivity index (χ1n) is 19.7. The third-order valence-corrected chi connectivity index (χ3v) is 13.9. The lowest BCUT2D eigenvalue weighted by molar-refractivity contribution is -0.169. The molecule has 59 heavy (non-hydrogen) atoms. The Balaban J connectivity index is 1.35. The number of ether oxygens (including phenoxy) is 3. The van der Waals surface area contributed by atoms with Crippen molar-refractivity contribution in [2.24, 2.45) is 17.8 Å². The number of alkyl carbamates (subject to hydrolysis) is 1. The zero-order valence-electron chi connectivity index (χ0n) is 33.6. The van der Waals surface area contributed by atoms with Gasteiger partial charge >= 0.3 is 12.3 Å². The van der Waals surface area contributed by atoms with Crippen LogP contribution in [0.3, 0.4) is 0 Å². The molecule has 0 radical (unpaired) electrons. The minimum absolute atomic E-state index is 0.0257. The van der Waals surface area contributed by atoms with E-state index in [1.807, 2.05) is 17.7 Å². The molecule has 0 spiro atoms. The van der Waals surface area contributed by atoms with E-state index in [1.54, 1.807) is 37.3 Å². The van der Waals surface area contributed by atoms with E-state index in [2.05, 4.69) is 15.6 Å². The van der Waals surface area contributed by atoms with Crippen molar-refractivity contribution in [3.63, 3.8) is 0 Å². The Hall–Kier alpha value is -4.68. The highest BCUT2D eigenvalue weighted by molar-refractivity contribution is 7.91. The number of rotatable bonds is 10. The van der Waals surface area contributed by atoms with Crippen molar-refractivity contribution in [1.29, 1.82) is 0 Å². The number of allylic oxidation sites excluding steroid dienone is 1. The second kappa shape index (κ2) is 16.4. The number of nitrogens with zero attached hydrogens (tertiary/aromatic N) is 2. The molecule has 0 bridgehead atoms. The van der Waals surface area contributed by atoms with Gasteiger partial charge in [0.2, 0.25) is 27.7 Å². The van der Waals surface area contributed by atoms with Crippen LogP contribution in [0.4, 0.5) is 22.4 Å². The molecule has 324 valence electrons. The Morgan fingerprint density at radius 3 is 2.42 bits per heavy atom. The molecule has 3 heterocycles. The van der Waals surface area contributed by atoms with Crippen LogP contribution in [-0.2, 0) is 29.1 Å². The van der Waals surface area contributed by atoms with E-state index < -0.39 is 99.0 Å². The summed E-state index contributed by atoms with van der Waals surface area (Å²) in [5.74, 6) is -3.24. The summed E-state index contributed by atoms with van der Waals surface area (Å²) >= 11 is 0. The number of carbonyl (C=O) groups excluding carboxylic acids is 4. The molecule has 7 atom stereocenters. The number of alkyl halides is 4. The SMILES string of the molecule is COc1cnc(OC2CC3C(=O)NC4(C(=O)NS(=O)(=O)C5(CF)CC5)CC4C=CCCC(C)CC(C)C(NC(=O)OC(C)(C)CC(F)(F)F)C(=O)N3C2)c2ccccc12. The molecule has 2 saturated carbocycles. The smallest absolute Gasteiger partial charge is 0.408 e. The maximum Gasteiger partial charge on any atom is 0.408 e. The van der Waals surface area contributed by atoms with E-state index in [4.69, 9.17) is 14.2 Å². The number of aromatic nitrogens is 1. The zero-order chi connectivity index (χ0) is 43.1. The standard InChI is InChI=1S/C40H51F4N5O9S/c1-23-10-6-7-11-25-18-39(25,35(52)48-59(54,55)38(22-41)14-15-38)47-32(50)29-17-26(57-33-28-13-9-8-12-27(28)30(56-5)19-45-33)20-49(29)34(51)31(24(2)16-23)46-36(53)58-37(3,4)21-40(42,43)44/h7-9,11-13,19,23-26,29,31H,6,10,14-18,20-22H2,1-5H3,(H,46,53)(H,47,50)(H,48,52). The van der Waals surface area contributed by atoms with Gasteiger partial charge in [-0.2, -0.15) is 13.2 Å². The fraction of sp³-hybridized carbons (Fsp3) is 0.625. The highest BCUT2D eigenvalue weighted by Crippen LogP contribution is 2.48. The van der Waals surface area contributed by atoms with Crippen LogP contribution in [0.5, 0.6) is 11.6 Å². The number of benzene rings is 1. The van der Waals surface area contributed by atoms with Gasteiger partial charge in [0.25, 0.3) is 5.91 Å². The Morgan fingerprint density at radius 1 is 1.08 bits per heavy atom. The topological polar surface area (TPSA) is 182 Å². The zero-order valence-corrected chi connectivity index (χ0v) is 34.4. The number of amides is 4. The number of fused-ring (bicyclic) bond motifs is 3. The summed E-state index contributed by atoms with van der Waals surface area (Å²) < 4.78 is 97.5. The van der Waals surface area contributed by atoms with E-state index in [0.717, 1.165) is 13.8 Å². The molecule has 2 aliphatic heterocycles. The second-order valence-electron chi connectivity index (χ2n) is 17.1. The van der Waals surface area contributed by atoms with E-state index in [0.29, 0.717) is 35.8 Å². The van der Waals surface area contributed by atoms with Gasteiger partial charge < -0.3 is 29.7 Å². The molecule has 3 N–H and O–H groups in total. The quantitative estimate of drug-likeness (QED) is 0.211. The number of sulfonamides is 1. The third kappa shape index (κ3) is 9.54. The Labute approximate surface area is 340 Å². The molecule has 1 aromatic carbocycles. The van der Waals surface area contributed by atoms with Crippen LogP contribution in [0.15, 0.2) is 42.6 Å². The lowest BCUT2D eigenvalue weighted by Crippen LogP contribution is -2.59. The van der Waals surface area contributed by atoms with Gasteiger partial charge in [0.05, 0.1) is 26.3 Å².